The number of nitrogens with two attached hydrogens (primary N) is 2. The molecule has 1 amide bonds. The van der Waals surface area contributed by atoms with Gasteiger partial charge in [-0.05, 0) is 39.4 Å². The second-order valence-electron chi connectivity index (χ2n) is 8.59. The Bertz CT molecular complexity index is 886. The molecule has 0 spiro atoms. The fraction of sp³-hybridized carbons (Fsp3) is 0.667. The molecule has 4 rings (SSSR count). The van der Waals surface area contributed by atoms with Crippen LogP contribution in [-0.2, 0) is 19.1 Å². The summed E-state index contributed by atoms with van der Waals surface area (Å²) in [5.74, 6) is -1.08. The Balaban J connectivity index is 1.54. The van der Waals surface area contributed by atoms with Crippen LogP contribution in [0.3, 0.4) is 0 Å². The monoisotopic (exact) mass is 448 g/mol. The number of methoxy groups -OCH3 is 1. The first-order chi connectivity index (χ1) is 15.4. The van der Waals surface area contributed by atoms with Gasteiger partial charge in [-0.15, -0.1) is 0 Å². The van der Waals surface area contributed by atoms with E-state index in [1.54, 1.807) is 14.0 Å². The van der Waals surface area contributed by atoms with E-state index in [-0.39, 0.29) is 30.3 Å². The predicted octanol–water partition coefficient (Wildman–Crippen LogP) is -1.69. The summed E-state index contributed by atoms with van der Waals surface area (Å²) < 4.78 is 11.1. The Morgan fingerprint density at radius 2 is 2.00 bits per heavy atom. The van der Waals surface area contributed by atoms with Crippen molar-refractivity contribution in [1.82, 2.24) is 20.9 Å². The van der Waals surface area contributed by atoms with E-state index in [0.717, 1.165) is 25.9 Å². The molecule has 4 atom stereocenters. The van der Waals surface area contributed by atoms with Crippen LogP contribution in [0, 0.1) is 5.92 Å². The lowest BCUT2D eigenvalue weighted by molar-refractivity contribution is -0.137. The molecule has 176 valence electrons. The van der Waals surface area contributed by atoms with Crippen LogP contribution in [0.4, 0.5) is 4.79 Å². The molecule has 11 nitrogen and oxygen atoms in total. The van der Waals surface area contributed by atoms with E-state index < -0.39 is 17.7 Å². The van der Waals surface area contributed by atoms with Gasteiger partial charge in [0.05, 0.1) is 23.4 Å². The van der Waals surface area contributed by atoms with Gasteiger partial charge in [-0.25, -0.2) is 4.79 Å². The van der Waals surface area contributed by atoms with Crippen LogP contribution in [-0.4, -0.2) is 86.8 Å². The molecule has 32 heavy (non-hydrogen) atoms. The summed E-state index contributed by atoms with van der Waals surface area (Å²) in [5.41, 5.74) is 11.1. The van der Waals surface area contributed by atoms with Crippen LogP contribution in [0.1, 0.15) is 19.8 Å². The highest BCUT2D eigenvalue weighted by atomic mass is 16.6. The average molecular weight is 449 g/mol. The first-order valence-electron chi connectivity index (χ1n) is 11.1. The molecule has 0 saturated carbocycles. The molecule has 0 aromatic carbocycles. The van der Waals surface area contributed by atoms with Crippen LogP contribution in [0.5, 0.6) is 0 Å². The Morgan fingerprint density at radius 1 is 1.25 bits per heavy atom. The van der Waals surface area contributed by atoms with Crippen molar-refractivity contribution in [3.8, 4) is 0 Å². The number of Topliss-reactive ketones (excluding diaryl/α,β-unsaturated/α-hetero) is 2. The molecule has 0 radical (unpaired) electrons. The number of allylic oxidation sites excluding steroid dienone is 2. The van der Waals surface area contributed by atoms with Gasteiger partial charge in [0.1, 0.15) is 6.61 Å². The van der Waals surface area contributed by atoms with Gasteiger partial charge in [-0.1, -0.05) is 0 Å². The zero-order valence-corrected chi connectivity index (χ0v) is 18.5. The predicted molar refractivity (Wildman–Crippen MR) is 115 cm³/mol. The second kappa shape index (κ2) is 8.81. The summed E-state index contributed by atoms with van der Waals surface area (Å²) in [6.45, 7) is 4.88. The summed E-state index contributed by atoms with van der Waals surface area (Å²) in [5, 5.41) is 9.79. The van der Waals surface area contributed by atoms with Crippen LogP contribution in [0.25, 0.3) is 0 Å². The zero-order chi connectivity index (χ0) is 23.0. The minimum atomic E-state index is -0.960. The van der Waals surface area contributed by atoms with Crippen molar-refractivity contribution >= 4 is 17.7 Å². The van der Waals surface area contributed by atoms with Crippen molar-refractivity contribution in [3.05, 3.63) is 22.5 Å². The SMILES string of the molecule is CO[C@@]12[C@H](COC(N)=O)C3=C(C(=O)C(C)=C(NCCCNCCCN)C3=O)N1C[C@@H]1N[C@@H]12. The molecule has 3 aliphatic heterocycles. The summed E-state index contributed by atoms with van der Waals surface area (Å²) in [6, 6.07) is 0.107. The lowest BCUT2D eigenvalue weighted by atomic mass is 9.82. The number of carbonyl (C=O) groups is 3. The molecule has 0 aromatic heterocycles. The van der Waals surface area contributed by atoms with Crippen molar-refractivity contribution in [3.63, 3.8) is 0 Å². The molecule has 2 fully saturated rings. The van der Waals surface area contributed by atoms with E-state index >= 15 is 0 Å². The van der Waals surface area contributed by atoms with E-state index in [0.29, 0.717) is 42.2 Å². The molecular formula is C21H32N6O5. The number of hydrogen-bond acceptors (Lipinski definition) is 10. The Morgan fingerprint density at radius 3 is 2.69 bits per heavy atom. The molecule has 0 aromatic rings. The maximum absolute atomic E-state index is 13.6. The summed E-state index contributed by atoms with van der Waals surface area (Å²) in [6.07, 6.45) is 0.757. The van der Waals surface area contributed by atoms with Crippen molar-refractivity contribution in [1.29, 1.82) is 0 Å². The van der Waals surface area contributed by atoms with Crippen molar-refractivity contribution in [2.75, 3.05) is 46.4 Å². The average Bonchev–Trinajstić information content (AvgIpc) is 3.38. The fourth-order valence-corrected chi connectivity index (χ4v) is 5.28. The van der Waals surface area contributed by atoms with E-state index in [9.17, 15) is 14.4 Å². The van der Waals surface area contributed by atoms with Gasteiger partial charge in [-0.2, -0.15) is 0 Å². The number of piperazine rings is 1. The van der Waals surface area contributed by atoms with Gasteiger partial charge in [0.15, 0.2) is 5.72 Å². The molecule has 3 heterocycles. The number of primary amides is 1. The van der Waals surface area contributed by atoms with Gasteiger partial charge in [0.25, 0.3) is 0 Å². The van der Waals surface area contributed by atoms with Gasteiger partial charge in [0, 0.05) is 37.4 Å². The third-order valence-electron chi connectivity index (χ3n) is 6.82. The molecule has 0 bridgehead atoms. The summed E-state index contributed by atoms with van der Waals surface area (Å²) in [7, 11) is 1.55. The fourth-order valence-electron chi connectivity index (χ4n) is 5.28. The van der Waals surface area contributed by atoms with Crippen LogP contribution >= 0.6 is 0 Å². The molecule has 11 heteroatoms. The van der Waals surface area contributed by atoms with E-state index in [1.807, 2.05) is 4.90 Å². The van der Waals surface area contributed by atoms with E-state index in [2.05, 4.69) is 16.0 Å². The summed E-state index contributed by atoms with van der Waals surface area (Å²) in [4.78, 5) is 40.2. The Labute approximate surface area is 186 Å². The number of ketones is 2. The first kappa shape index (κ1) is 22.7. The standard InChI is InChI=1S/C21H32N6O5/c1-11-15(25-8-4-7-24-6-3-5-22)18(29)14-12(10-32-20(23)30)21(31-2)19-13(26-19)9-27(21)16(14)17(11)28/h12-13,19,24-26H,3-10,22H2,1-2H3,(H2,23,30)/t12-,13+,19+,21-/m1/s1. The molecule has 4 aliphatic rings. The summed E-state index contributed by atoms with van der Waals surface area (Å²) >= 11 is 0. The Kier molecular flexibility index (Phi) is 6.26. The normalized spacial score (nSPS) is 30.5. The zero-order valence-electron chi connectivity index (χ0n) is 18.5. The topological polar surface area (TPSA) is 171 Å². The quantitative estimate of drug-likeness (QED) is 0.139. The van der Waals surface area contributed by atoms with E-state index in [4.69, 9.17) is 20.9 Å². The highest BCUT2D eigenvalue weighted by Gasteiger charge is 2.72. The minimum Gasteiger partial charge on any atom is -0.449 e. The number of nitrogens with zero attached hydrogens (tertiary/aromatic N) is 1. The lowest BCUT2D eigenvalue weighted by Crippen LogP contribution is -2.55. The maximum atomic E-state index is 13.6. The van der Waals surface area contributed by atoms with Crippen molar-refractivity contribution in [2.45, 2.75) is 37.6 Å². The number of ether oxygens (including phenoxy) is 2. The number of rotatable bonds is 11. The first-order valence-corrected chi connectivity index (χ1v) is 11.1. The van der Waals surface area contributed by atoms with Gasteiger partial charge < -0.3 is 41.8 Å². The smallest absolute Gasteiger partial charge is 0.404 e. The van der Waals surface area contributed by atoms with Crippen LogP contribution in [0.2, 0.25) is 0 Å². The van der Waals surface area contributed by atoms with Crippen molar-refractivity contribution < 1.29 is 23.9 Å². The third kappa shape index (κ3) is 3.49. The largest absolute Gasteiger partial charge is 0.449 e. The molecule has 7 N–H and O–H groups in total. The molecule has 0 unspecified atom stereocenters. The molecule has 2 saturated heterocycles. The van der Waals surface area contributed by atoms with Crippen LogP contribution in [0.15, 0.2) is 22.5 Å². The number of carbonyl (C=O) groups excluding carboxylic acids is 3. The third-order valence-corrected chi connectivity index (χ3v) is 6.82. The van der Waals surface area contributed by atoms with Crippen molar-refractivity contribution in [2.24, 2.45) is 17.4 Å². The van der Waals surface area contributed by atoms with Gasteiger partial charge >= 0.3 is 6.09 Å². The number of fused-ring (bicyclic) bond motifs is 4. The van der Waals surface area contributed by atoms with Crippen LogP contribution < -0.4 is 27.4 Å². The van der Waals surface area contributed by atoms with Gasteiger partial charge in [0.2, 0.25) is 11.6 Å². The Hall–Kier alpha value is -2.47. The lowest BCUT2D eigenvalue weighted by Gasteiger charge is -2.39. The minimum absolute atomic E-state index is 0.0588. The molecule has 1 aliphatic carbocycles. The highest BCUT2D eigenvalue weighted by molar-refractivity contribution is 6.25. The second-order valence-corrected chi connectivity index (χ2v) is 8.59. The number of nitrogens with one attached hydrogen (secondary N) is 3. The number of hydrogen-bond donors (Lipinski definition) is 5. The number of amides is 1. The highest BCUT2D eigenvalue weighted by Crippen LogP contribution is 2.55. The maximum Gasteiger partial charge on any atom is 0.404 e. The molecular weight excluding hydrogens is 416 g/mol. The van der Waals surface area contributed by atoms with E-state index in [1.165, 1.54) is 0 Å². The van der Waals surface area contributed by atoms with Gasteiger partial charge in [-0.3, -0.25) is 9.59 Å².